The van der Waals surface area contributed by atoms with Gasteiger partial charge in [0.2, 0.25) is 0 Å². The van der Waals surface area contributed by atoms with Crippen molar-refractivity contribution in [2.45, 2.75) is 19.0 Å². The molecule has 0 amide bonds. The van der Waals surface area contributed by atoms with Crippen molar-refractivity contribution in [3.8, 4) is 0 Å². The maximum Gasteiger partial charge on any atom is 0.0629 e. The lowest BCUT2D eigenvalue weighted by atomic mass is 10.1. The summed E-state index contributed by atoms with van der Waals surface area (Å²) < 4.78 is 0. The number of pyridine rings is 1. The highest BCUT2D eigenvalue weighted by Crippen LogP contribution is 2.20. The van der Waals surface area contributed by atoms with Crippen LogP contribution in [0.5, 0.6) is 0 Å². The normalized spacial score (nSPS) is 24.2. The van der Waals surface area contributed by atoms with Gasteiger partial charge in [0.15, 0.2) is 0 Å². The first-order valence-corrected chi connectivity index (χ1v) is 5.79. The van der Waals surface area contributed by atoms with E-state index in [4.69, 9.17) is 0 Å². The number of nitrogens with zero attached hydrogens (tertiary/aromatic N) is 2. The van der Waals surface area contributed by atoms with Gasteiger partial charge in [-0.05, 0) is 18.6 Å². The standard InChI is InChI=1S/C12H19N3O/c1-10-8-15(6-5-14-10)12(9-16)11-3-2-4-13-7-11/h2-4,7,10,12,14,16H,5-6,8-9H2,1H3/t10-,12-/m1/s1. The van der Waals surface area contributed by atoms with Crippen molar-refractivity contribution in [3.05, 3.63) is 30.1 Å². The molecular formula is C12H19N3O. The first-order chi connectivity index (χ1) is 7.81. The van der Waals surface area contributed by atoms with Crippen LogP contribution in [0.25, 0.3) is 0 Å². The summed E-state index contributed by atoms with van der Waals surface area (Å²) in [7, 11) is 0. The molecule has 2 atom stereocenters. The van der Waals surface area contributed by atoms with Crippen LogP contribution in [-0.2, 0) is 0 Å². The van der Waals surface area contributed by atoms with Gasteiger partial charge in [-0.25, -0.2) is 0 Å². The van der Waals surface area contributed by atoms with Crippen LogP contribution in [-0.4, -0.2) is 47.3 Å². The first-order valence-electron chi connectivity index (χ1n) is 5.79. The maximum atomic E-state index is 9.53. The Labute approximate surface area is 96.3 Å². The monoisotopic (exact) mass is 221 g/mol. The SMILES string of the molecule is C[C@@H]1CN([C@H](CO)c2cccnc2)CCN1. The molecule has 2 rings (SSSR count). The van der Waals surface area contributed by atoms with Gasteiger partial charge in [0.05, 0.1) is 12.6 Å². The molecule has 1 aromatic rings. The minimum Gasteiger partial charge on any atom is -0.394 e. The van der Waals surface area contributed by atoms with Crippen molar-refractivity contribution in [1.29, 1.82) is 0 Å². The number of rotatable bonds is 3. The van der Waals surface area contributed by atoms with Crippen LogP contribution in [0, 0.1) is 0 Å². The third-order valence-corrected chi connectivity index (χ3v) is 3.08. The van der Waals surface area contributed by atoms with Crippen molar-refractivity contribution in [1.82, 2.24) is 15.2 Å². The molecule has 1 saturated heterocycles. The molecule has 4 heteroatoms. The number of hydrogen-bond donors (Lipinski definition) is 2. The first kappa shape index (κ1) is 11.5. The number of aliphatic hydroxyl groups is 1. The molecule has 0 radical (unpaired) electrons. The van der Waals surface area contributed by atoms with Crippen molar-refractivity contribution < 1.29 is 5.11 Å². The summed E-state index contributed by atoms with van der Waals surface area (Å²) in [5.74, 6) is 0. The van der Waals surface area contributed by atoms with E-state index in [-0.39, 0.29) is 12.6 Å². The van der Waals surface area contributed by atoms with Gasteiger partial charge in [-0.3, -0.25) is 9.88 Å². The maximum absolute atomic E-state index is 9.53. The van der Waals surface area contributed by atoms with E-state index in [1.54, 1.807) is 6.20 Å². The molecule has 0 saturated carbocycles. The van der Waals surface area contributed by atoms with Gasteiger partial charge in [-0.15, -0.1) is 0 Å². The van der Waals surface area contributed by atoms with E-state index in [9.17, 15) is 5.11 Å². The lowest BCUT2D eigenvalue weighted by molar-refractivity contribution is 0.0961. The van der Waals surface area contributed by atoms with E-state index in [1.165, 1.54) is 0 Å². The highest BCUT2D eigenvalue weighted by Gasteiger charge is 2.24. The molecule has 0 aliphatic carbocycles. The largest absolute Gasteiger partial charge is 0.394 e. The second-order valence-electron chi connectivity index (χ2n) is 4.33. The van der Waals surface area contributed by atoms with Gasteiger partial charge in [0, 0.05) is 38.1 Å². The van der Waals surface area contributed by atoms with Crippen LogP contribution in [0.4, 0.5) is 0 Å². The van der Waals surface area contributed by atoms with Gasteiger partial charge in [-0.1, -0.05) is 6.07 Å². The summed E-state index contributed by atoms with van der Waals surface area (Å²) in [6, 6.07) is 4.52. The Morgan fingerprint density at radius 2 is 2.56 bits per heavy atom. The average molecular weight is 221 g/mol. The summed E-state index contributed by atoms with van der Waals surface area (Å²) in [4.78, 5) is 6.43. The van der Waals surface area contributed by atoms with Gasteiger partial charge < -0.3 is 10.4 Å². The molecule has 0 aromatic carbocycles. The predicted octanol–water partition coefficient (Wildman–Crippen LogP) is 0.409. The molecule has 1 aromatic heterocycles. The smallest absolute Gasteiger partial charge is 0.0629 e. The average Bonchev–Trinajstić information content (AvgIpc) is 2.31. The van der Waals surface area contributed by atoms with Crippen LogP contribution >= 0.6 is 0 Å². The van der Waals surface area contributed by atoms with Crippen LogP contribution in [0.1, 0.15) is 18.5 Å². The van der Waals surface area contributed by atoms with Crippen molar-refractivity contribution in [2.24, 2.45) is 0 Å². The molecule has 1 aliphatic heterocycles. The highest BCUT2D eigenvalue weighted by atomic mass is 16.3. The minimum absolute atomic E-state index is 0.0817. The molecule has 0 unspecified atom stereocenters. The molecule has 2 N–H and O–H groups in total. The van der Waals surface area contributed by atoms with E-state index < -0.39 is 0 Å². The summed E-state index contributed by atoms with van der Waals surface area (Å²) >= 11 is 0. The molecule has 0 bridgehead atoms. The Morgan fingerprint density at radius 1 is 1.69 bits per heavy atom. The van der Waals surface area contributed by atoms with E-state index in [1.807, 2.05) is 18.3 Å². The van der Waals surface area contributed by atoms with Crippen LogP contribution < -0.4 is 5.32 Å². The number of piperazine rings is 1. The predicted molar refractivity (Wildman–Crippen MR) is 63.1 cm³/mol. The Bertz CT molecular complexity index is 317. The van der Waals surface area contributed by atoms with Gasteiger partial charge in [0.1, 0.15) is 0 Å². The second kappa shape index (κ2) is 5.39. The summed E-state index contributed by atoms with van der Waals surface area (Å²) in [6.45, 7) is 5.25. The van der Waals surface area contributed by atoms with E-state index in [2.05, 4.69) is 22.1 Å². The second-order valence-corrected chi connectivity index (χ2v) is 4.33. The molecule has 88 valence electrons. The van der Waals surface area contributed by atoms with Gasteiger partial charge in [0.25, 0.3) is 0 Å². The number of hydrogen-bond acceptors (Lipinski definition) is 4. The van der Waals surface area contributed by atoms with Gasteiger partial charge in [-0.2, -0.15) is 0 Å². The van der Waals surface area contributed by atoms with Crippen LogP contribution in [0.2, 0.25) is 0 Å². The third-order valence-electron chi connectivity index (χ3n) is 3.08. The Balaban J connectivity index is 2.10. The fourth-order valence-electron chi connectivity index (χ4n) is 2.25. The lowest BCUT2D eigenvalue weighted by Crippen LogP contribution is -2.50. The Kier molecular flexibility index (Phi) is 3.88. The zero-order valence-corrected chi connectivity index (χ0v) is 9.63. The van der Waals surface area contributed by atoms with Crippen molar-refractivity contribution in [3.63, 3.8) is 0 Å². The summed E-state index contributed by atoms with van der Waals surface area (Å²) in [5.41, 5.74) is 1.10. The quantitative estimate of drug-likeness (QED) is 0.776. The Morgan fingerprint density at radius 3 is 3.19 bits per heavy atom. The molecule has 2 heterocycles. The zero-order valence-electron chi connectivity index (χ0n) is 9.63. The molecule has 0 spiro atoms. The third kappa shape index (κ3) is 2.58. The molecule has 1 fully saturated rings. The van der Waals surface area contributed by atoms with Crippen LogP contribution in [0.3, 0.4) is 0 Å². The van der Waals surface area contributed by atoms with Crippen LogP contribution in [0.15, 0.2) is 24.5 Å². The highest BCUT2D eigenvalue weighted by molar-refractivity contribution is 5.14. The number of nitrogens with one attached hydrogen (secondary N) is 1. The van der Waals surface area contributed by atoms with Gasteiger partial charge >= 0.3 is 0 Å². The van der Waals surface area contributed by atoms with E-state index in [0.29, 0.717) is 6.04 Å². The summed E-state index contributed by atoms with van der Waals surface area (Å²) in [5, 5.41) is 12.9. The van der Waals surface area contributed by atoms with E-state index in [0.717, 1.165) is 25.2 Å². The molecule has 4 nitrogen and oxygen atoms in total. The zero-order chi connectivity index (χ0) is 11.4. The van der Waals surface area contributed by atoms with Crippen molar-refractivity contribution >= 4 is 0 Å². The molecular weight excluding hydrogens is 202 g/mol. The topological polar surface area (TPSA) is 48.4 Å². The summed E-state index contributed by atoms with van der Waals surface area (Å²) in [6.07, 6.45) is 3.60. The van der Waals surface area contributed by atoms with Crippen molar-refractivity contribution in [2.75, 3.05) is 26.2 Å². The molecule has 1 aliphatic rings. The Hall–Kier alpha value is -0.970. The lowest BCUT2D eigenvalue weighted by Gasteiger charge is -2.37. The van der Waals surface area contributed by atoms with E-state index >= 15 is 0 Å². The molecule has 16 heavy (non-hydrogen) atoms. The fraction of sp³-hybridized carbons (Fsp3) is 0.583. The minimum atomic E-state index is 0.0817. The fourth-order valence-corrected chi connectivity index (χ4v) is 2.25. The number of aromatic nitrogens is 1. The number of aliphatic hydroxyl groups excluding tert-OH is 1.